The second kappa shape index (κ2) is 7.76. The molecule has 29 heavy (non-hydrogen) atoms. The number of piperidine rings is 1. The van der Waals surface area contributed by atoms with Crippen molar-refractivity contribution in [3.8, 4) is 0 Å². The van der Waals surface area contributed by atoms with Crippen molar-refractivity contribution >= 4 is 6.09 Å². The van der Waals surface area contributed by atoms with Crippen molar-refractivity contribution < 1.29 is 18.7 Å². The third kappa shape index (κ3) is 3.51. The highest BCUT2D eigenvalue weighted by Crippen LogP contribution is 2.36. The fourth-order valence-electron chi connectivity index (χ4n) is 4.89. The number of nitrogens with zero attached hydrogens (tertiary/aromatic N) is 1. The Morgan fingerprint density at radius 1 is 1.07 bits per heavy atom. The van der Waals surface area contributed by atoms with E-state index in [9.17, 15) is 9.18 Å². The minimum Gasteiger partial charge on any atom is -0.445 e. The van der Waals surface area contributed by atoms with Gasteiger partial charge in [-0.05, 0) is 35.2 Å². The highest BCUT2D eigenvalue weighted by atomic mass is 19.1. The maximum absolute atomic E-state index is 13.5. The maximum Gasteiger partial charge on any atom is 0.410 e. The molecule has 2 bridgehead atoms. The third-order valence-corrected chi connectivity index (χ3v) is 6.35. The van der Waals surface area contributed by atoms with Crippen LogP contribution in [0.4, 0.5) is 9.18 Å². The molecule has 0 spiro atoms. The monoisotopic (exact) mass is 396 g/mol. The van der Waals surface area contributed by atoms with Crippen LogP contribution >= 0.6 is 0 Å². The molecular formula is C23H25FN2O3. The van der Waals surface area contributed by atoms with Gasteiger partial charge in [0.1, 0.15) is 11.9 Å². The minimum absolute atomic E-state index is 0.122. The maximum atomic E-state index is 13.5. The van der Waals surface area contributed by atoms with Crippen LogP contribution < -0.4 is 5.32 Å². The first-order valence-corrected chi connectivity index (χ1v) is 10.3. The van der Waals surface area contributed by atoms with Gasteiger partial charge in [0, 0.05) is 31.5 Å². The van der Waals surface area contributed by atoms with E-state index in [4.69, 9.17) is 9.47 Å². The Bertz CT molecular complexity index is 866. The van der Waals surface area contributed by atoms with E-state index in [0.29, 0.717) is 19.8 Å². The van der Waals surface area contributed by atoms with Gasteiger partial charge >= 0.3 is 6.09 Å². The molecule has 1 N–H and O–H groups in total. The Kier molecular flexibility index (Phi) is 4.97. The van der Waals surface area contributed by atoms with Crippen molar-refractivity contribution in [2.75, 3.05) is 32.8 Å². The zero-order valence-electron chi connectivity index (χ0n) is 16.2. The van der Waals surface area contributed by atoms with E-state index >= 15 is 0 Å². The zero-order valence-corrected chi connectivity index (χ0v) is 16.2. The average molecular weight is 396 g/mol. The standard InChI is InChI=1S/C23H25FN2O3/c24-19-7-5-16(6-8-19)21-20-4-2-1-3-15(20)9-10-26(21)23(27)29-22-17-11-25-12-18(22)14-28-13-17/h1-8,17-18,21-22,25H,9-14H2/t17-,18+,21?,22?. The number of nitrogens with one attached hydrogen (secondary N) is 1. The number of fused-ring (bicyclic) bond motifs is 3. The summed E-state index contributed by atoms with van der Waals surface area (Å²) in [6.45, 7) is 3.42. The van der Waals surface area contributed by atoms with Gasteiger partial charge < -0.3 is 14.8 Å². The molecule has 0 aliphatic carbocycles. The predicted molar refractivity (Wildman–Crippen MR) is 106 cm³/mol. The Hall–Kier alpha value is -2.44. The second-order valence-corrected chi connectivity index (χ2v) is 8.16. The molecule has 3 aliphatic heterocycles. The number of hydrogen-bond acceptors (Lipinski definition) is 4. The first-order valence-electron chi connectivity index (χ1n) is 10.3. The van der Waals surface area contributed by atoms with Crippen molar-refractivity contribution in [1.82, 2.24) is 10.2 Å². The summed E-state index contributed by atoms with van der Waals surface area (Å²) < 4.78 is 25.3. The fraction of sp³-hybridized carbons (Fsp3) is 0.435. The molecule has 3 aliphatic rings. The quantitative estimate of drug-likeness (QED) is 0.847. The van der Waals surface area contributed by atoms with Crippen molar-refractivity contribution in [3.05, 3.63) is 71.0 Å². The second-order valence-electron chi connectivity index (χ2n) is 8.16. The summed E-state index contributed by atoms with van der Waals surface area (Å²) in [6.07, 6.45) is 0.367. The van der Waals surface area contributed by atoms with E-state index in [-0.39, 0.29) is 35.9 Å². The molecule has 3 heterocycles. The van der Waals surface area contributed by atoms with Crippen LogP contribution in [0, 0.1) is 17.7 Å². The van der Waals surface area contributed by atoms with Gasteiger partial charge in [-0.15, -0.1) is 0 Å². The lowest BCUT2D eigenvalue weighted by molar-refractivity contribution is -0.104. The smallest absolute Gasteiger partial charge is 0.410 e. The highest BCUT2D eigenvalue weighted by Gasteiger charge is 2.42. The molecule has 5 rings (SSSR count). The predicted octanol–water partition coefficient (Wildman–Crippen LogP) is 3.14. The highest BCUT2D eigenvalue weighted by molar-refractivity contribution is 5.70. The molecule has 2 aromatic rings. The summed E-state index contributed by atoms with van der Waals surface area (Å²) in [4.78, 5) is 15.1. The van der Waals surface area contributed by atoms with Crippen LogP contribution in [-0.2, 0) is 15.9 Å². The number of carbonyl (C=O) groups is 1. The fourth-order valence-corrected chi connectivity index (χ4v) is 4.89. The van der Waals surface area contributed by atoms with Crippen LogP contribution in [0.1, 0.15) is 22.7 Å². The summed E-state index contributed by atoms with van der Waals surface area (Å²) >= 11 is 0. The van der Waals surface area contributed by atoms with Crippen LogP contribution in [0.15, 0.2) is 48.5 Å². The number of halogens is 1. The summed E-state index contributed by atoms with van der Waals surface area (Å²) in [6, 6.07) is 14.3. The van der Waals surface area contributed by atoms with Crippen molar-refractivity contribution in [1.29, 1.82) is 0 Å². The lowest BCUT2D eigenvalue weighted by Crippen LogP contribution is -2.56. The molecule has 152 valence electrons. The number of amides is 1. The van der Waals surface area contributed by atoms with Gasteiger partial charge in [-0.3, -0.25) is 4.90 Å². The molecule has 2 fully saturated rings. The van der Waals surface area contributed by atoms with E-state index in [0.717, 1.165) is 30.6 Å². The molecule has 2 saturated heterocycles. The molecular weight excluding hydrogens is 371 g/mol. The molecule has 5 nitrogen and oxygen atoms in total. The van der Waals surface area contributed by atoms with Crippen LogP contribution in [-0.4, -0.2) is 49.9 Å². The molecule has 6 heteroatoms. The van der Waals surface area contributed by atoms with Crippen LogP contribution in [0.2, 0.25) is 0 Å². The van der Waals surface area contributed by atoms with Crippen LogP contribution in [0.25, 0.3) is 0 Å². The van der Waals surface area contributed by atoms with E-state index in [1.807, 2.05) is 12.1 Å². The number of rotatable bonds is 2. The first kappa shape index (κ1) is 18.6. The minimum atomic E-state index is -0.294. The van der Waals surface area contributed by atoms with Crippen molar-refractivity contribution in [2.45, 2.75) is 18.6 Å². The lowest BCUT2D eigenvalue weighted by atomic mass is 9.85. The van der Waals surface area contributed by atoms with Crippen LogP contribution in [0.5, 0.6) is 0 Å². The Balaban J connectivity index is 1.44. The van der Waals surface area contributed by atoms with Crippen molar-refractivity contribution in [3.63, 3.8) is 0 Å². The average Bonchev–Trinajstić information content (AvgIpc) is 2.73. The number of benzene rings is 2. The topological polar surface area (TPSA) is 50.8 Å². The largest absolute Gasteiger partial charge is 0.445 e. The van der Waals surface area contributed by atoms with E-state index in [1.165, 1.54) is 17.7 Å². The van der Waals surface area contributed by atoms with Gasteiger partial charge in [-0.2, -0.15) is 0 Å². The van der Waals surface area contributed by atoms with Gasteiger partial charge in [-0.25, -0.2) is 9.18 Å². The van der Waals surface area contributed by atoms with Crippen LogP contribution in [0.3, 0.4) is 0 Å². The Morgan fingerprint density at radius 3 is 2.55 bits per heavy atom. The molecule has 1 amide bonds. The zero-order chi connectivity index (χ0) is 19.8. The molecule has 2 unspecified atom stereocenters. The normalized spacial score (nSPS) is 28.5. The summed E-state index contributed by atoms with van der Waals surface area (Å²) in [5, 5.41) is 3.40. The lowest BCUT2D eigenvalue weighted by Gasteiger charge is -2.44. The summed E-state index contributed by atoms with van der Waals surface area (Å²) in [7, 11) is 0. The number of carbonyl (C=O) groups excluding carboxylic acids is 1. The molecule has 2 aromatic carbocycles. The molecule has 0 aromatic heterocycles. The molecule has 4 atom stereocenters. The van der Waals surface area contributed by atoms with Gasteiger partial charge in [0.05, 0.1) is 19.3 Å². The van der Waals surface area contributed by atoms with Gasteiger partial charge in [0.2, 0.25) is 0 Å². The van der Waals surface area contributed by atoms with E-state index < -0.39 is 0 Å². The first-order chi connectivity index (χ1) is 14.2. The van der Waals surface area contributed by atoms with Crippen molar-refractivity contribution in [2.24, 2.45) is 11.8 Å². The van der Waals surface area contributed by atoms with Gasteiger partial charge in [-0.1, -0.05) is 36.4 Å². The van der Waals surface area contributed by atoms with Gasteiger partial charge in [0.25, 0.3) is 0 Å². The van der Waals surface area contributed by atoms with E-state index in [2.05, 4.69) is 17.4 Å². The SMILES string of the molecule is O=C(OC1[C@@H]2CNC[C@H]1COC2)N1CCc2ccccc2C1c1ccc(F)cc1. The number of hydrogen-bond donors (Lipinski definition) is 1. The third-order valence-electron chi connectivity index (χ3n) is 6.35. The summed E-state index contributed by atoms with van der Waals surface area (Å²) in [5.41, 5.74) is 3.19. The Labute approximate surface area is 169 Å². The summed E-state index contributed by atoms with van der Waals surface area (Å²) in [5.74, 6) is 0.0927. The molecule has 0 radical (unpaired) electrons. The van der Waals surface area contributed by atoms with Gasteiger partial charge in [0.15, 0.2) is 0 Å². The Morgan fingerprint density at radius 2 is 1.79 bits per heavy atom. The number of ether oxygens (including phenoxy) is 2. The van der Waals surface area contributed by atoms with E-state index in [1.54, 1.807) is 17.0 Å². The molecule has 0 saturated carbocycles.